The van der Waals surface area contributed by atoms with Crippen LogP contribution in [0.15, 0.2) is 48.5 Å². The van der Waals surface area contributed by atoms with Crippen molar-refractivity contribution in [2.75, 3.05) is 50.8 Å². The van der Waals surface area contributed by atoms with Gasteiger partial charge in [0.15, 0.2) is 0 Å². The highest BCUT2D eigenvalue weighted by Crippen LogP contribution is 2.25. The van der Waals surface area contributed by atoms with E-state index in [0.29, 0.717) is 18.7 Å². The zero-order valence-electron chi connectivity index (χ0n) is 15.2. The molecule has 140 valence electrons. The summed E-state index contributed by atoms with van der Waals surface area (Å²) in [4.78, 5) is 28.2. The summed E-state index contributed by atoms with van der Waals surface area (Å²) in [6, 6.07) is 16.0. The average molecular weight is 365 g/mol. The number of amides is 2. The van der Waals surface area contributed by atoms with E-state index in [-0.39, 0.29) is 18.4 Å². The van der Waals surface area contributed by atoms with Crippen LogP contribution in [0, 0.1) is 0 Å². The molecule has 2 aromatic rings. The van der Waals surface area contributed by atoms with E-state index >= 15 is 0 Å². The lowest BCUT2D eigenvalue weighted by atomic mass is 10.0. The Morgan fingerprint density at radius 2 is 1.74 bits per heavy atom. The van der Waals surface area contributed by atoms with Crippen molar-refractivity contribution in [1.82, 2.24) is 10.2 Å². The molecule has 2 aliphatic rings. The van der Waals surface area contributed by atoms with Crippen LogP contribution in [0.2, 0.25) is 0 Å². The standard InChI is InChI=1S/C21H23N3O3/c25-20-15-24(9-8-22-20)21(26)18-3-1-2-17(14-18)16-4-6-19(7-5-16)23-10-12-27-13-11-23/h1-7,14H,8-13,15H2,(H,22,25). The molecule has 6 heteroatoms. The molecular weight excluding hydrogens is 342 g/mol. The molecule has 27 heavy (non-hydrogen) atoms. The second kappa shape index (κ2) is 7.80. The molecule has 0 saturated carbocycles. The van der Waals surface area contributed by atoms with Gasteiger partial charge in [-0.2, -0.15) is 0 Å². The topological polar surface area (TPSA) is 61.9 Å². The summed E-state index contributed by atoms with van der Waals surface area (Å²) in [5.41, 5.74) is 3.86. The van der Waals surface area contributed by atoms with Crippen LogP contribution in [0.25, 0.3) is 11.1 Å². The number of benzene rings is 2. The predicted octanol–water partition coefficient (Wildman–Crippen LogP) is 1.76. The molecule has 2 amide bonds. The first-order valence-electron chi connectivity index (χ1n) is 9.30. The number of ether oxygens (including phenoxy) is 1. The summed E-state index contributed by atoms with van der Waals surface area (Å²) in [5, 5.41) is 2.74. The van der Waals surface area contributed by atoms with Crippen LogP contribution in [0.1, 0.15) is 10.4 Å². The number of morpholine rings is 1. The highest BCUT2D eigenvalue weighted by atomic mass is 16.5. The summed E-state index contributed by atoms with van der Waals surface area (Å²) in [6.45, 7) is 4.52. The summed E-state index contributed by atoms with van der Waals surface area (Å²) < 4.78 is 5.40. The molecular formula is C21H23N3O3. The fraction of sp³-hybridized carbons (Fsp3) is 0.333. The Bertz CT molecular complexity index is 829. The molecule has 2 heterocycles. The van der Waals surface area contributed by atoms with Gasteiger partial charge in [-0.05, 0) is 35.4 Å². The number of piperazine rings is 1. The molecule has 0 spiro atoms. The van der Waals surface area contributed by atoms with Gasteiger partial charge in [0.25, 0.3) is 5.91 Å². The molecule has 6 nitrogen and oxygen atoms in total. The van der Waals surface area contributed by atoms with Crippen LogP contribution in [-0.2, 0) is 9.53 Å². The van der Waals surface area contributed by atoms with Gasteiger partial charge in [-0.15, -0.1) is 0 Å². The summed E-state index contributed by atoms with van der Waals surface area (Å²) in [6.07, 6.45) is 0. The Morgan fingerprint density at radius 3 is 2.48 bits per heavy atom. The van der Waals surface area contributed by atoms with Crippen LogP contribution in [0.5, 0.6) is 0 Å². The van der Waals surface area contributed by atoms with E-state index in [9.17, 15) is 9.59 Å². The Labute approximate surface area is 158 Å². The maximum Gasteiger partial charge on any atom is 0.254 e. The van der Waals surface area contributed by atoms with Crippen LogP contribution in [0.4, 0.5) is 5.69 Å². The van der Waals surface area contributed by atoms with Crippen molar-refractivity contribution >= 4 is 17.5 Å². The number of rotatable bonds is 3. The van der Waals surface area contributed by atoms with Crippen LogP contribution < -0.4 is 10.2 Å². The third-order valence-corrected chi connectivity index (χ3v) is 5.01. The van der Waals surface area contributed by atoms with Crippen LogP contribution in [0.3, 0.4) is 0 Å². The molecule has 0 aliphatic carbocycles. The van der Waals surface area contributed by atoms with Gasteiger partial charge in [0.2, 0.25) is 5.91 Å². The minimum absolute atomic E-state index is 0.100. The number of nitrogens with zero attached hydrogens (tertiary/aromatic N) is 2. The van der Waals surface area contributed by atoms with Gasteiger partial charge in [-0.1, -0.05) is 24.3 Å². The molecule has 0 bridgehead atoms. The molecule has 0 unspecified atom stereocenters. The quantitative estimate of drug-likeness (QED) is 0.900. The Balaban J connectivity index is 1.51. The van der Waals surface area contributed by atoms with Crippen molar-refractivity contribution in [2.45, 2.75) is 0 Å². The van der Waals surface area contributed by atoms with Crippen molar-refractivity contribution in [3.8, 4) is 11.1 Å². The largest absolute Gasteiger partial charge is 0.378 e. The molecule has 2 aromatic carbocycles. The van der Waals surface area contributed by atoms with Crippen molar-refractivity contribution < 1.29 is 14.3 Å². The Kier molecular flexibility index (Phi) is 5.07. The lowest BCUT2D eigenvalue weighted by Crippen LogP contribution is -2.49. The molecule has 4 rings (SSSR count). The molecule has 2 fully saturated rings. The monoisotopic (exact) mass is 365 g/mol. The van der Waals surface area contributed by atoms with Crippen LogP contribution in [-0.4, -0.2) is 62.7 Å². The first-order valence-corrected chi connectivity index (χ1v) is 9.30. The number of hydrogen-bond acceptors (Lipinski definition) is 4. The summed E-state index contributed by atoms with van der Waals surface area (Å²) >= 11 is 0. The summed E-state index contributed by atoms with van der Waals surface area (Å²) in [5.74, 6) is -0.207. The van der Waals surface area contributed by atoms with Crippen molar-refractivity contribution in [3.63, 3.8) is 0 Å². The molecule has 2 saturated heterocycles. The van der Waals surface area contributed by atoms with Gasteiger partial charge in [-0.3, -0.25) is 9.59 Å². The smallest absolute Gasteiger partial charge is 0.254 e. The zero-order chi connectivity index (χ0) is 18.6. The van der Waals surface area contributed by atoms with E-state index in [1.165, 1.54) is 5.69 Å². The third kappa shape index (κ3) is 3.95. The van der Waals surface area contributed by atoms with E-state index in [1.807, 2.05) is 18.2 Å². The number of nitrogens with one attached hydrogen (secondary N) is 1. The lowest BCUT2D eigenvalue weighted by Gasteiger charge is -2.29. The number of carbonyl (C=O) groups excluding carboxylic acids is 2. The van der Waals surface area contributed by atoms with E-state index in [2.05, 4.69) is 34.5 Å². The lowest BCUT2D eigenvalue weighted by molar-refractivity contribution is -0.123. The fourth-order valence-corrected chi connectivity index (χ4v) is 3.51. The number of carbonyl (C=O) groups is 2. The highest BCUT2D eigenvalue weighted by molar-refractivity contribution is 5.98. The van der Waals surface area contributed by atoms with Gasteiger partial charge in [-0.25, -0.2) is 0 Å². The zero-order valence-corrected chi connectivity index (χ0v) is 15.2. The molecule has 0 radical (unpaired) electrons. The van der Waals surface area contributed by atoms with E-state index in [4.69, 9.17) is 4.74 Å². The Hall–Kier alpha value is -2.86. The minimum Gasteiger partial charge on any atom is -0.378 e. The van der Waals surface area contributed by atoms with Gasteiger partial charge < -0.3 is 19.9 Å². The number of hydrogen-bond donors (Lipinski definition) is 1. The Morgan fingerprint density at radius 1 is 0.963 bits per heavy atom. The van der Waals surface area contributed by atoms with Crippen molar-refractivity contribution in [3.05, 3.63) is 54.1 Å². The summed E-state index contributed by atoms with van der Waals surface area (Å²) in [7, 11) is 0. The van der Waals surface area contributed by atoms with Crippen molar-refractivity contribution in [2.24, 2.45) is 0 Å². The average Bonchev–Trinajstić information content (AvgIpc) is 2.74. The number of anilines is 1. The SMILES string of the molecule is O=C1CN(C(=O)c2cccc(-c3ccc(N4CCOCC4)cc3)c2)CCN1. The first kappa shape index (κ1) is 17.5. The highest BCUT2D eigenvalue weighted by Gasteiger charge is 2.22. The molecule has 0 atom stereocenters. The second-order valence-electron chi connectivity index (χ2n) is 6.80. The van der Waals surface area contributed by atoms with Gasteiger partial charge in [0, 0.05) is 37.4 Å². The predicted molar refractivity (Wildman–Crippen MR) is 104 cm³/mol. The third-order valence-electron chi connectivity index (χ3n) is 5.01. The fourth-order valence-electron chi connectivity index (χ4n) is 3.51. The minimum atomic E-state index is -0.107. The first-order chi connectivity index (χ1) is 13.2. The van der Waals surface area contributed by atoms with Gasteiger partial charge in [0.05, 0.1) is 19.8 Å². The van der Waals surface area contributed by atoms with E-state index in [0.717, 1.165) is 37.4 Å². The van der Waals surface area contributed by atoms with E-state index in [1.54, 1.807) is 11.0 Å². The van der Waals surface area contributed by atoms with Gasteiger partial charge in [0.1, 0.15) is 0 Å². The van der Waals surface area contributed by atoms with Crippen molar-refractivity contribution in [1.29, 1.82) is 0 Å². The van der Waals surface area contributed by atoms with Gasteiger partial charge >= 0.3 is 0 Å². The molecule has 0 aromatic heterocycles. The normalized spacial score (nSPS) is 17.6. The second-order valence-corrected chi connectivity index (χ2v) is 6.80. The van der Waals surface area contributed by atoms with E-state index < -0.39 is 0 Å². The molecule has 2 aliphatic heterocycles. The maximum atomic E-state index is 12.7. The molecule has 1 N–H and O–H groups in total. The maximum absolute atomic E-state index is 12.7. The van der Waals surface area contributed by atoms with Crippen LogP contribution >= 0.6 is 0 Å².